The van der Waals surface area contributed by atoms with E-state index in [1.165, 1.54) is 6.07 Å². The fraction of sp³-hybridized carbons (Fsp3) is 0.304. The van der Waals surface area contributed by atoms with Crippen molar-refractivity contribution in [2.75, 3.05) is 0 Å². The maximum absolute atomic E-state index is 13.4. The first-order chi connectivity index (χ1) is 14.2. The molecule has 1 aromatic heterocycles. The Kier molecular flexibility index (Phi) is 4.92. The highest BCUT2D eigenvalue weighted by Crippen LogP contribution is 2.44. The molecule has 0 spiro atoms. The van der Waals surface area contributed by atoms with Gasteiger partial charge in [0.25, 0.3) is 5.91 Å². The van der Waals surface area contributed by atoms with Crippen LogP contribution in [0.15, 0.2) is 54.6 Å². The number of fused-ring (bicyclic) bond motifs is 1. The second kappa shape index (κ2) is 7.31. The van der Waals surface area contributed by atoms with Crippen molar-refractivity contribution in [3.05, 3.63) is 88.2 Å². The van der Waals surface area contributed by atoms with Gasteiger partial charge in [0, 0.05) is 24.8 Å². The summed E-state index contributed by atoms with van der Waals surface area (Å²) in [5, 5.41) is 4.44. The Hall–Kier alpha value is -3.09. The number of carbonyl (C=O) groups excluding carboxylic acids is 1. The average Bonchev–Trinajstić information content (AvgIpc) is 3.16. The maximum atomic E-state index is 13.4. The molecule has 4 rings (SSSR count). The number of carbonyl (C=O) groups is 1. The van der Waals surface area contributed by atoms with E-state index in [-0.39, 0.29) is 18.4 Å². The van der Waals surface area contributed by atoms with Gasteiger partial charge in [0.1, 0.15) is 0 Å². The molecule has 1 amide bonds. The van der Waals surface area contributed by atoms with Gasteiger partial charge >= 0.3 is 6.18 Å². The minimum Gasteiger partial charge on any atom is -0.322 e. The Balaban J connectivity index is 1.88. The van der Waals surface area contributed by atoms with Crippen LogP contribution >= 0.6 is 0 Å². The van der Waals surface area contributed by atoms with Crippen LogP contribution < -0.4 is 0 Å². The van der Waals surface area contributed by atoms with Crippen molar-refractivity contribution < 1.29 is 18.0 Å². The first-order valence-electron chi connectivity index (χ1n) is 9.77. The van der Waals surface area contributed by atoms with E-state index in [1.54, 1.807) is 22.7 Å². The number of nitrogens with zero attached hydrogens (tertiary/aromatic N) is 3. The smallest absolute Gasteiger partial charge is 0.322 e. The van der Waals surface area contributed by atoms with Crippen molar-refractivity contribution in [3.8, 4) is 0 Å². The highest BCUT2D eigenvalue weighted by atomic mass is 19.4. The molecule has 0 saturated carbocycles. The van der Waals surface area contributed by atoms with Gasteiger partial charge in [0.05, 0.1) is 11.6 Å². The third-order valence-electron chi connectivity index (χ3n) is 5.45. The lowest BCUT2D eigenvalue weighted by Gasteiger charge is -2.28. The molecule has 0 N–H and O–H groups in total. The van der Waals surface area contributed by atoms with E-state index in [0.717, 1.165) is 23.4 Å². The predicted octanol–water partition coefficient (Wildman–Crippen LogP) is 5.31. The molecule has 4 nitrogen and oxygen atoms in total. The zero-order chi connectivity index (χ0) is 21.6. The maximum Gasteiger partial charge on any atom is 0.416 e. The van der Waals surface area contributed by atoms with Crippen LogP contribution in [0.3, 0.4) is 0 Å². The summed E-state index contributed by atoms with van der Waals surface area (Å²) < 4.78 is 41.8. The zero-order valence-electron chi connectivity index (χ0n) is 16.9. The molecular weight excluding hydrogens is 391 g/mol. The lowest BCUT2D eigenvalue weighted by Crippen LogP contribution is -2.30. The van der Waals surface area contributed by atoms with E-state index < -0.39 is 17.8 Å². The summed E-state index contributed by atoms with van der Waals surface area (Å²) >= 11 is 0. The fourth-order valence-corrected chi connectivity index (χ4v) is 4.25. The summed E-state index contributed by atoms with van der Waals surface area (Å²) in [5.74, 6) is -0.206. The van der Waals surface area contributed by atoms with E-state index in [9.17, 15) is 18.0 Å². The molecular formula is C23H22F3N3O. The summed E-state index contributed by atoms with van der Waals surface area (Å²) in [6.07, 6.45) is -4.46. The number of aromatic nitrogens is 2. The molecule has 3 aromatic rings. The Bertz CT molecular complexity index is 1090. The molecule has 1 atom stereocenters. The van der Waals surface area contributed by atoms with Crippen LogP contribution in [0.1, 0.15) is 64.2 Å². The Labute approximate surface area is 172 Å². The van der Waals surface area contributed by atoms with E-state index in [1.807, 2.05) is 44.2 Å². The van der Waals surface area contributed by atoms with Crippen LogP contribution in [0.5, 0.6) is 0 Å². The highest BCUT2D eigenvalue weighted by Gasteiger charge is 2.44. The molecule has 2 heterocycles. The van der Waals surface area contributed by atoms with Gasteiger partial charge in [-0.25, -0.2) is 0 Å². The molecule has 0 bridgehead atoms. The first-order valence-corrected chi connectivity index (χ1v) is 9.77. The minimum absolute atomic E-state index is 0.0593. The highest BCUT2D eigenvalue weighted by molar-refractivity contribution is 5.98. The predicted molar refractivity (Wildman–Crippen MR) is 107 cm³/mol. The number of rotatable bonds is 4. The molecule has 0 aliphatic carbocycles. The molecule has 1 aliphatic rings. The number of hydrogen-bond donors (Lipinski definition) is 0. The standard InChI is InChI=1S/C23H22F3N3O/c1-14(2)20-18-19(27-28(20)3)22(30)29(13-15-8-5-4-6-9-15)21(18)16-10-7-11-17(12-16)23(24,25)26/h4-12,14,21H,13H2,1-3H3. The average molecular weight is 413 g/mol. The fourth-order valence-electron chi connectivity index (χ4n) is 4.25. The molecule has 1 unspecified atom stereocenters. The largest absolute Gasteiger partial charge is 0.416 e. The van der Waals surface area contributed by atoms with Crippen LogP contribution in [-0.4, -0.2) is 20.6 Å². The van der Waals surface area contributed by atoms with E-state index >= 15 is 0 Å². The molecule has 0 radical (unpaired) electrons. The SMILES string of the molecule is CC(C)c1c2c(nn1C)C(=O)N(Cc1ccccc1)C2c1cccc(C(F)(F)F)c1. The Morgan fingerprint density at radius 2 is 1.77 bits per heavy atom. The summed E-state index contributed by atoms with van der Waals surface area (Å²) in [7, 11) is 1.77. The Morgan fingerprint density at radius 1 is 1.07 bits per heavy atom. The van der Waals surface area contributed by atoms with Crippen molar-refractivity contribution in [1.82, 2.24) is 14.7 Å². The Morgan fingerprint density at radius 3 is 2.40 bits per heavy atom. The molecule has 30 heavy (non-hydrogen) atoms. The van der Waals surface area contributed by atoms with E-state index in [0.29, 0.717) is 16.8 Å². The number of halogens is 3. The van der Waals surface area contributed by atoms with Crippen LogP contribution in [0.2, 0.25) is 0 Å². The van der Waals surface area contributed by atoms with Crippen molar-refractivity contribution >= 4 is 5.91 Å². The zero-order valence-corrected chi connectivity index (χ0v) is 16.9. The topological polar surface area (TPSA) is 38.1 Å². The van der Waals surface area contributed by atoms with Gasteiger partial charge in [-0.15, -0.1) is 0 Å². The van der Waals surface area contributed by atoms with Gasteiger partial charge in [0.2, 0.25) is 0 Å². The minimum atomic E-state index is -4.46. The van der Waals surface area contributed by atoms with Crippen LogP contribution in [0.4, 0.5) is 13.2 Å². The van der Waals surface area contributed by atoms with Gasteiger partial charge in [-0.2, -0.15) is 18.3 Å². The molecule has 1 aliphatic heterocycles. The van der Waals surface area contributed by atoms with Crippen LogP contribution in [0, 0.1) is 0 Å². The summed E-state index contributed by atoms with van der Waals surface area (Å²) in [5.41, 5.74) is 2.49. The van der Waals surface area contributed by atoms with Crippen molar-refractivity contribution in [3.63, 3.8) is 0 Å². The van der Waals surface area contributed by atoms with Crippen molar-refractivity contribution in [2.45, 2.75) is 38.5 Å². The second-order valence-corrected chi connectivity index (χ2v) is 7.87. The third kappa shape index (κ3) is 3.38. The second-order valence-electron chi connectivity index (χ2n) is 7.87. The van der Waals surface area contributed by atoms with Gasteiger partial charge < -0.3 is 4.90 Å². The van der Waals surface area contributed by atoms with Crippen molar-refractivity contribution in [1.29, 1.82) is 0 Å². The van der Waals surface area contributed by atoms with Gasteiger partial charge in [-0.05, 0) is 29.2 Å². The lowest BCUT2D eigenvalue weighted by molar-refractivity contribution is -0.137. The molecule has 7 heteroatoms. The normalized spacial score (nSPS) is 16.4. The first kappa shape index (κ1) is 20.2. The van der Waals surface area contributed by atoms with E-state index in [2.05, 4.69) is 5.10 Å². The number of alkyl halides is 3. The number of aryl methyl sites for hydroxylation is 1. The third-order valence-corrected chi connectivity index (χ3v) is 5.45. The van der Waals surface area contributed by atoms with Gasteiger partial charge in [-0.3, -0.25) is 9.48 Å². The summed E-state index contributed by atoms with van der Waals surface area (Å²) in [4.78, 5) is 14.9. The van der Waals surface area contributed by atoms with Gasteiger partial charge in [0.15, 0.2) is 5.69 Å². The summed E-state index contributed by atoms with van der Waals surface area (Å²) in [6.45, 7) is 4.27. The van der Waals surface area contributed by atoms with Crippen LogP contribution in [-0.2, 0) is 19.8 Å². The lowest BCUT2D eigenvalue weighted by atomic mass is 9.93. The van der Waals surface area contributed by atoms with Gasteiger partial charge in [-0.1, -0.05) is 56.3 Å². The molecule has 156 valence electrons. The molecule has 0 fully saturated rings. The van der Waals surface area contributed by atoms with Crippen molar-refractivity contribution in [2.24, 2.45) is 7.05 Å². The molecule has 0 saturated heterocycles. The molecule has 2 aromatic carbocycles. The summed E-state index contributed by atoms with van der Waals surface area (Å²) in [6, 6.07) is 14.0. The number of hydrogen-bond acceptors (Lipinski definition) is 2. The van der Waals surface area contributed by atoms with E-state index in [4.69, 9.17) is 0 Å². The monoisotopic (exact) mass is 413 g/mol. The number of amides is 1. The quantitative estimate of drug-likeness (QED) is 0.582. The van der Waals surface area contributed by atoms with Crippen LogP contribution in [0.25, 0.3) is 0 Å². The number of benzene rings is 2.